The third kappa shape index (κ3) is 3.03. The van der Waals surface area contributed by atoms with Gasteiger partial charge in [-0.25, -0.2) is 0 Å². The number of hydrogen-bond acceptors (Lipinski definition) is 2. The molecule has 1 aromatic carbocycles. The topological polar surface area (TPSA) is 29.5 Å². The predicted molar refractivity (Wildman–Crippen MR) is 57.5 cm³/mol. The lowest BCUT2D eigenvalue weighted by molar-refractivity contribution is -0.170. The third-order valence-corrected chi connectivity index (χ3v) is 2.37. The summed E-state index contributed by atoms with van der Waals surface area (Å²) in [5, 5.41) is 0.00412. The second-order valence-corrected chi connectivity index (χ2v) is 3.59. The van der Waals surface area contributed by atoms with Gasteiger partial charge in [0, 0.05) is 13.1 Å². The highest BCUT2D eigenvalue weighted by Gasteiger charge is 2.42. The number of carbonyl (C=O) groups is 1. The lowest BCUT2D eigenvalue weighted by Gasteiger charge is -2.20. The van der Waals surface area contributed by atoms with Crippen molar-refractivity contribution >= 4 is 23.2 Å². The molecule has 0 unspecified atom stereocenters. The van der Waals surface area contributed by atoms with Crippen molar-refractivity contribution in [3.05, 3.63) is 23.2 Å². The number of nitrogens with zero attached hydrogens (tertiary/aromatic N) is 1. The average molecular weight is 268 g/mol. The molecular weight excluding hydrogens is 259 g/mol. The van der Waals surface area contributed by atoms with E-state index in [1.807, 2.05) is 0 Å². The molecule has 0 N–H and O–H groups in total. The van der Waals surface area contributed by atoms with Crippen LogP contribution >= 0.6 is 11.6 Å². The van der Waals surface area contributed by atoms with Crippen LogP contribution in [0, 0.1) is 0 Å². The van der Waals surface area contributed by atoms with Crippen LogP contribution in [0.4, 0.5) is 18.9 Å². The SMILES string of the molecule is COc1ccc(N(C)C(=O)C(F)(F)F)c(Cl)c1. The van der Waals surface area contributed by atoms with Crippen molar-refractivity contribution in [3.8, 4) is 5.75 Å². The minimum atomic E-state index is -4.93. The highest BCUT2D eigenvalue weighted by molar-refractivity contribution is 6.34. The third-order valence-electron chi connectivity index (χ3n) is 2.06. The zero-order valence-electron chi connectivity index (χ0n) is 9.01. The Bertz CT molecular complexity index is 434. The molecule has 0 saturated heterocycles. The summed E-state index contributed by atoms with van der Waals surface area (Å²) in [6.45, 7) is 0. The fourth-order valence-corrected chi connectivity index (χ4v) is 1.48. The smallest absolute Gasteiger partial charge is 0.471 e. The standard InChI is InChI=1S/C10H9ClF3NO2/c1-15(9(16)10(12,13)14)8-4-3-6(17-2)5-7(8)11/h3-5H,1-2H3. The van der Waals surface area contributed by atoms with Gasteiger partial charge in [-0.05, 0) is 12.1 Å². The van der Waals surface area contributed by atoms with Gasteiger partial charge in [0.15, 0.2) is 0 Å². The molecule has 0 aliphatic heterocycles. The van der Waals surface area contributed by atoms with E-state index in [2.05, 4.69) is 0 Å². The van der Waals surface area contributed by atoms with Crippen LogP contribution in [0.25, 0.3) is 0 Å². The van der Waals surface area contributed by atoms with E-state index in [0.29, 0.717) is 10.6 Å². The van der Waals surface area contributed by atoms with Gasteiger partial charge in [-0.3, -0.25) is 4.79 Å². The lowest BCUT2D eigenvalue weighted by Crippen LogP contribution is -2.38. The lowest BCUT2D eigenvalue weighted by atomic mass is 10.2. The Morgan fingerprint density at radius 2 is 2.00 bits per heavy atom. The van der Waals surface area contributed by atoms with Crippen LogP contribution < -0.4 is 9.64 Å². The Morgan fingerprint density at radius 1 is 1.41 bits per heavy atom. The predicted octanol–water partition coefficient (Wildman–Crippen LogP) is 2.87. The van der Waals surface area contributed by atoms with Crippen LogP contribution in [0.15, 0.2) is 18.2 Å². The van der Waals surface area contributed by atoms with E-state index in [-0.39, 0.29) is 10.7 Å². The van der Waals surface area contributed by atoms with Crippen LogP contribution in [0.3, 0.4) is 0 Å². The molecule has 0 spiro atoms. The van der Waals surface area contributed by atoms with Crippen molar-refractivity contribution in [3.63, 3.8) is 0 Å². The zero-order chi connectivity index (χ0) is 13.2. The van der Waals surface area contributed by atoms with Crippen molar-refractivity contribution in [2.45, 2.75) is 6.18 Å². The van der Waals surface area contributed by atoms with Gasteiger partial charge < -0.3 is 9.64 Å². The minimum Gasteiger partial charge on any atom is -0.497 e. The molecule has 1 aromatic rings. The number of benzene rings is 1. The van der Waals surface area contributed by atoms with E-state index >= 15 is 0 Å². The normalized spacial score (nSPS) is 11.2. The van der Waals surface area contributed by atoms with E-state index in [9.17, 15) is 18.0 Å². The van der Waals surface area contributed by atoms with Crippen LogP contribution in [0.1, 0.15) is 0 Å². The molecule has 94 valence electrons. The Balaban J connectivity index is 3.05. The monoisotopic (exact) mass is 267 g/mol. The van der Waals surface area contributed by atoms with Crippen LogP contribution in [0.5, 0.6) is 5.75 Å². The van der Waals surface area contributed by atoms with Gasteiger partial charge >= 0.3 is 12.1 Å². The molecule has 0 radical (unpaired) electrons. The quantitative estimate of drug-likeness (QED) is 0.825. The maximum absolute atomic E-state index is 12.2. The summed E-state index contributed by atoms with van der Waals surface area (Å²) in [4.78, 5) is 11.4. The first-order valence-electron chi connectivity index (χ1n) is 4.45. The number of methoxy groups -OCH3 is 1. The summed E-state index contributed by atoms with van der Waals surface area (Å²) >= 11 is 5.76. The first-order valence-corrected chi connectivity index (χ1v) is 4.83. The first-order chi connectivity index (χ1) is 7.77. The molecular formula is C10H9ClF3NO2. The molecule has 0 aliphatic rings. The van der Waals surface area contributed by atoms with Crippen molar-refractivity contribution in [2.75, 3.05) is 19.1 Å². The highest BCUT2D eigenvalue weighted by atomic mass is 35.5. The number of halogens is 4. The molecule has 3 nitrogen and oxygen atoms in total. The van der Waals surface area contributed by atoms with Gasteiger partial charge in [0.1, 0.15) is 5.75 Å². The summed E-state index contributed by atoms with van der Waals surface area (Å²) in [5.74, 6) is -1.59. The molecule has 0 aliphatic carbocycles. The summed E-state index contributed by atoms with van der Waals surface area (Å²) in [6.07, 6.45) is -4.93. The summed E-state index contributed by atoms with van der Waals surface area (Å²) in [5.41, 5.74) is -0.0326. The molecule has 7 heteroatoms. The Morgan fingerprint density at radius 3 is 2.41 bits per heavy atom. The number of carbonyl (C=O) groups excluding carboxylic acids is 1. The molecule has 0 bridgehead atoms. The van der Waals surface area contributed by atoms with Gasteiger partial charge in [-0.15, -0.1) is 0 Å². The molecule has 0 fully saturated rings. The fraction of sp³-hybridized carbons (Fsp3) is 0.300. The number of ether oxygens (including phenoxy) is 1. The average Bonchev–Trinajstić information content (AvgIpc) is 2.25. The van der Waals surface area contributed by atoms with Crippen LogP contribution in [0.2, 0.25) is 5.02 Å². The number of alkyl halides is 3. The second kappa shape index (κ2) is 4.83. The second-order valence-electron chi connectivity index (χ2n) is 3.18. The van der Waals surface area contributed by atoms with Gasteiger partial charge in [0.25, 0.3) is 0 Å². The van der Waals surface area contributed by atoms with Crippen molar-refractivity contribution < 1.29 is 22.7 Å². The number of hydrogen-bond donors (Lipinski definition) is 0. The van der Waals surface area contributed by atoms with E-state index in [0.717, 1.165) is 7.05 Å². The number of amides is 1. The molecule has 0 aromatic heterocycles. The molecule has 1 rings (SSSR count). The molecule has 0 heterocycles. The highest BCUT2D eigenvalue weighted by Crippen LogP contribution is 2.31. The van der Waals surface area contributed by atoms with E-state index < -0.39 is 12.1 Å². The summed E-state index contributed by atoms with van der Waals surface area (Å²) < 4.78 is 41.5. The maximum Gasteiger partial charge on any atom is 0.471 e. The molecule has 1 amide bonds. The zero-order valence-corrected chi connectivity index (χ0v) is 9.76. The van der Waals surface area contributed by atoms with Gasteiger partial charge in [0.05, 0.1) is 17.8 Å². The van der Waals surface area contributed by atoms with Crippen molar-refractivity contribution in [2.24, 2.45) is 0 Å². The van der Waals surface area contributed by atoms with Crippen molar-refractivity contribution in [1.82, 2.24) is 0 Å². The summed E-state index contributed by atoms with van der Waals surface area (Å²) in [7, 11) is 2.40. The minimum absolute atomic E-state index is 0.00412. The van der Waals surface area contributed by atoms with Gasteiger partial charge in [-0.1, -0.05) is 11.6 Å². The van der Waals surface area contributed by atoms with E-state index in [1.165, 1.54) is 25.3 Å². The number of rotatable bonds is 2. The Kier molecular flexibility index (Phi) is 3.87. The van der Waals surface area contributed by atoms with Gasteiger partial charge in [0.2, 0.25) is 0 Å². The van der Waals surface area contributed by atoms with Crippen molar-refractivity contribution in [1.29, 1.82) is 0 Å². The molecule has 0 atom stereocenters. The Hall–Kier alpha value is -1.43. The largest absolute Gasteiger partial charge is 0.497 e. The molecule has 0 saturated carbocycles. The van der Waals surface area contributed by atoms with Crippen LogP contribution in [-0.2, 0) is 4.79 Å². The first kappa shape index (κ1) is 13.6. The van der Waals surface area contributed by atoms with Crippen LogP contribution in [-0.4, -0.2) is 26.2 Å². The number of anilines is 1. The van der Waals surface area contributed by atoms with Gasteiger partial charge in [-0.2, -0.15) is 13.2 Å². The fourth-order valence-electron chi connectivity index (χ4n) is 1.19. The maximum atomic E-state index is 12.2. The summed E-state index contributed by atoms with van der Waals surface area (Å²) in [6, 6.07) is 4.03. The van der Waals surface area contributed by atoms with E-state index in [1.54, 1.807) is 0 Å². The Labute approximate surface area is 101 Å². The van der Waals surface area contributed by atoms with E-state index in [4.69, 9.17) is 16.3 Å². The molecule has 17 heavy (non-hydrogen) atoms.